The van der Waals surface area contributed by atoms with Crippen LogP contribution < -0.4 is 5.32 Å². The number of rotatable bonds is 7. The van der Waals surface area contributed by atoms with Gasteiger partial charge in [-0.25, -0.2) is 0 Å². The summed E-state index contributed by atoms with van der Waals surface area (Å²) in [5.41, 5.74) is 0. The molecule has 0 radical (unpaired) electrons. The first-order valence-corrected chi connectivity index (χ1v) is 6.09. The van der Waals surface area contributed by atoms with E-state index in [-0.39, 0.29) is 6.10 Å². The monoisotopic (exact) mass is 241 g/mol. The number of methoxy groups -OCH3 is 1. The lowest BCUT2D eigenvalue weighted by Crippen LogP contribution is -2.29. The fraction of sp³-hybridized carbons (Fsp3) is 0.833. The molecule has 1 aromatic rings. The highest BCUT2D eigenvalue weighted by atomic mass is 16.5. The fourth-order valence-corrected chi connectivity index (χ4v) is 1.70. The molecular weight excluding hydrogens is 218 g/mol. The van der Waals surface area contributed by atoms with Gasteiger partial charge in [0.25, 0.3) is 0 Å². The SMILES string of the molecule is CNC(Cc1nc(C(C)OC)no1)CC(C)C. The Morgan fingerprint density at radius 1 is 1.35 bits per heavy atom. The second kappa shape index (κ2) is 6.71. The molecule has 5 nitrogen and oxygen atoms in total. The van der Waals surface area contributed by atoms with Crippen LogP contribution in [-0.4, -0.2) is 30.3 Å². The summed E-state index contributed by atoms with van der Waals surface area (Å²) < 4.78 is 10.4. The van der Waals surface area contributed by atoms with Gasteiger partial charge in [-0.15, -0.1) is 0 Å². The van der Waals surface area contributed by atoms with E-state index in [9.17, 15) is 0 Å². The molecule has 0 fully saturated rings. The second-order valence-corrected chi connectivity index (χ2v) is 4.74. The molecule has 0 aliphatic rings. The molecule has 0 aromatic carbocycles. The van der Waals surface area contributed by atoms with E-state index in [1.165, 1.54) is 0 Å². The van der Waals surface area contributed by atoms with E-state index in [0.717, 1.165) is 12.8 Å². The quantitative estimate of drug-likeness (QED) is 0.790. The van der Waals surface area contributed by atoms with Crippen molar-refractivity contribution in [1.82, 2.24) is 15.5 Å². The molecule has 98 valence electrons. The predicted octanol–water partition coefficient (Wildman–Crippen LogP) is 1.95. The molecule has 2 atom stereocenters. The largest absolute Gasteiger partial charge is 0.374 e. The second-order valence-electron chi connectivity index (χ2n) is 4.74. The van der Waals surface area contributed by atoms with Crippen molar-refractivity contribution in [2.45, 2.75) is 45.8 Å². The summed E-state index contributed by atoms with van der Waals surface area (Å²) >= 11 is 0. The van der Waals surface area contributed by atoms with Gasteiger partial charge in [0.2, 0.25) is 5.89 Å². The van der Waals surface area contributed by atoms with E-state index in [1.54, 1.807) is 7.11 Å². The van der Waals surface area contributed by atoms with Crippen LogP contribution in [-0.2, 0) is 11.2 Å². The summed E-state index contributed by atoms with van der Waals surface area (Å²) in [5.74, 6) is 1.93. The van der Waals surface area contributed by atoms with Crippen LogP contribution in [0.5, 0.6) is 0 Å². The van der Waals surface area contributed by atoms with Crippen molar-refractivity contribution in [3.63, 3.8) is 0 Å². The van der Waals surface area contributed by atoms with Crippen molar-refractivity contribution in [2.24, 2.45) is 5.92 Å². The number of likely N-dealkylation sites (N-methyl/N-ethyl adjacent to an activating group) is 1. The average molecular weight is 241 g/mol. The van der Waals surface area contributed by atoms with Gasteiger partial charge in [-0.2, -0.15) is 4.98 Å². The molecule has 17 heavy (non-hydrogen) atoms. The van der Waals surface area contributed by atoms with Crippen LogP contribution in [0.3, 0.4) is 0 Å². The summed E-state index contributed by atoms with van der Waals surface area (Å²) in [5, 5.41) is 7.19. The highest BCUT2D eigenvalue weighted by Crippen LogP contribution is 2.14. The van der Waals surface area contributed by atoms with Gasteiger partial charge in [0.05, 0.1) is 0 Å². The van der Waals surface area contributed by atoms with Gasteiger partial charge in [-0.3, -0.25) is 0 Å². The Balaban J connectivity index is 2.58. The van der Waals surface area contributed by atoms with Crippen molar-refractivity contribution in [3.05, 3.63) is 11.7 Å². The summed E-state index contributed by atoms with van der Waals surface area (Å²) in [6, 6.07) is 0.376. The molecule has 1 rings (SSSR count). The lowest BCUT2D eigenvalue weighted by molar-refractivity contribution is 0.109. The third-order valence-electron chi connectivity index (χ3n) is 2.79. The number of ether oxygens (including phenoxy) is 1. The minimum Gasteiger partial charge on any atom is -0.374 e. The van der Waals surface area contributed by atoms with Gasteiger partial charge in [-0.1, -0.05) is 19.0 Å². The molecule has 2 unspecified atom stereocenters. The van der Waals surface area contributed by atoms with Crippen molar-refractivity contribution >= 4 is 0 Å². The summed E-state index contributed by atoms with van der Waals surface area (Å²) in [4.78, 5) is 4.33. The maximum Gasteiger partial charge on any atom is 0.228 e. The van der Waals surface area contributed by atoms with Gasteiger partial charge in [0.15, 0.2) is 5.82 Å². The Hall–Kier alpha value is -0.940. The number of aromatic nitrogens is 2. The Morgan fingerprint density at radius 2 is 2.06 bits per heavy atom. The molecule has 1 N–H and O–H groups in total. The first kappa shape index (κ1) is 14.1. The fourth-order valence-electron chi connectivity index (χ4n) is 1.70. The molecule has 0 saturated heterocycles. The minimum absolute atomic E-state index is 0.120. The highest BCUT2D eigenvalue weighted by molar-refractivity contribution is 4.92. The van der Waals surface area contributed by atoms with Crippen LogP contribution in [0.4, 0.5) is 0 Å². The van der Waals surface area contributed by atoms with Crippen molar-refractivity contribution in [1.29, 1.82) is 0 Å². The summed E-state index contributed by atoms with van der Waals surface area (Å²) in [6.45, 7) is 6.31. The van der Waals surface area contributed by atoms with E-state index in [0.29, 0.717) is 23.7 Å². The molecule has 0 aliphatic carbocycles. The van der Waals surface area contributed by atoms with Gasteiger partial charge in [0, 0.05) is 19.6 Å². The van der Waals surface area contributed by atoms with Crippen LogP contribution >= 0.6 is 0 Å². The predicted molar refractivity (Wildman–Crippen MR) is 65.7 cm³/mol. The van der Waals surface area contributed by atoms with Crippen molar-refractivity contribution in [2.75, 3.05) is 14.2 Å². The molecule has 0 saturated carbocycles. The van der Waals surface area contributed by atoms with E-state index in [1.807, 2.05) is 14.0 Å². The van der Waals surface area contributed by atoms with Gasteiger partial charge < -0.3 is 14.6 Å². The molecule has 1 heterocycles. The first-order chi connectivity index (χ1) is 8.06. The van der Waals surface area contributed by atoms with E-state index in [4.69, 9.17) is 9.26 Å². The highest BCUT2D eigenvalue weighted by Gasteiger charge is 2.16. The lowest BCUT2D eigenvalue weighted by Gasteiger charge is -2.15. The van der Waals surface area contributed by atoms with E-state index < -0.39 is 0 Å². The maximum absolute atomic E-state index is 5.22. The number of hydrogen-bond donors (Lipinski definition) is 1. The zero-order chi connectivity index (χ0) is 12.8. The number of nitrogens with zero attached hydrogens (tertiary/aromatic N) is 2. The van der Waals surface area contributed by atoms with Crippen molar-refractivity contribution in [3.8, 4) is 0 Å². The Kier molecular flexibility index (Phi) is 5.58. The first-order valence-electron chi connectivity index (χ1n) is 6.09. The molecule has 0 spiro atoms. The van der Waals surface area contributed by atoms with Gasteiger partial charge in [-0.05, 0) is 26.3 Å². The normalized spacial score (nSPS) is 15.2. The van der Waals surface area contributed by atoms with E-state index >= 15 is 0 Å². The third kappa shape index (κ3) is 4.44. The Morgan fingerprint density at radius 3 is 2.59 bits per heavy atom. The van der Waals surface area contributed by atoms with Gasteiger partial charge >= 0.3 is 0 Å². The minimum atomic E-state index is -0.120. The maximum atomic E-state index is 5.22. The Labute approximate surface area is 103 Å². The number of nitrogens with one attached hydrogen (secondary N) is 1. The van der Waals surface area contributed by atoms with Crippen LogP contribution in [0.2, 0.25) is 0 Å². The standard InChI is InChI=1S/C12H23N3O2/c1-8(2)6-10(13-4)7-11-14-12(15-17-11)9(3)16-5/h8-10,13H,6-7H2,1-5H3. The molecule has 0 bridgehead atoms. The molecule has 5 heteroatoms. The Bertz CT molecular complexity index is 325. The summed E-state index contributed by atoms with van der Waals surface area (Å²) in [7, 11) is 3.60. The summed E-state index contributed by atoms with van der Waals surface area (Å²) in [6.07, 6.45) is 1.73. The van der Waals surface area contributed by atoms with E-state index in [2.05, 4.69) is 29.3 Å². The topological polar surface area (TPSA) is 60.2 Å². The molecular formula is C12H23N3O2. The van der Waals surface area contributed by atoms with Crippen LogP contribution in [0.1, 0.15) is 45.0 Å². The third-order valence-corrected chi connectivity index (χ3v) is 2.79. The zero-order valence-electron chi connectivity index (χ0n) is 11.4. The lowest BCUT2D eigenvalue weighted by atomic mass is 10.0. The van der Waals surface area contributed by atoms with Crippen LogP contribution in [0.15, 0.2) is 4.52 Å². The van der Waals surface area contributed by atoms with Crippen molar-refractivity contribution < 1.29 is 9.26 Å². The average Bonchev–Trinajstić information content (AvgIpc) is 2.75. The molecule has 0 aliphatic heterocycles. The number of hydrogen-bond acceptors (Lipinski definition) is 5. The zero-order valence-corrected chi connectivity index (χ0v) is 11.4. The molecule has 0 amide bonds. The smallest absolute Gasteiger partial charge is 0.228 e. The van der Waals surface area contributed by atoms with Crippen LogP contribution in [0, 0.1) is 5.92 Å². The van der Waals surface area contributed by atoms with Gasteiger partial charge in [0.1, 0.15) is 6.10 Å². The molecule has 1 aromatic heterocycles. The van der Waals surface area contributed by atoms with Crippen LogP contribution in [0.25, 0.3) is 0 Å².